The number of hydrogen-bond donors (Lipinski definition) is 3. The molecule has 3 rings (SSSR count). The lowest BCUT2D eigenvalue weighted by Crippen LogP contribution is -2.49. The van der Waals surface area contributed by atoms with Gasteiger partial charge in [-0.15, -0.1) is 0 Å². The first kappa shape index (κ1) is 22.8. The van der Waals surface area contributed by atoms with Gasteiger partial charge in [0, 0.05) is 11.3 Å². The number of amidine groups is 1. The van der Waals surface area contributed by atoms with E-state index in [1.165, 1.54) is 19.0 Å². The summed E-state index contributed by atoms with van der Waals surface area (Å²) in [5.74, 6) is -1.27. The zero-order chi connectivity index (χ0) is 23.5. The third kappa shape index (κ3) is 5.03. The fourth-order valence-corrected chi connectivity index (χ4v) is 3.33. The predicted molar refractivity (Wildman–Crippen MR) is 116 cm³/mol. The minimum absolute atomic E-state index is 0.0183. The van der Waals surface area contributed by atoms with Crippen molar-refractivity contribution in [1.82, 2.24) is 0 Å². The van der Waals surface area contributed by atoms with E-state index in [1.807, 2.05) is 0 Å². The lowest BCUT2D eigenvalue weighted by Gasteiger charge is -2.25. The molecule has 1 unspecified atom stereocenters. The van der Waals surface area contributed by atoms with E-state index in [2.05, 4.69) is 0 Å². The van der Waals surface area contributed by atoms with Crippen molar-refractivity contribution in [2.24, 2.45) is 5.73 Å². The molecular formula is C22H25N4O6+. The molecule has 0 bridgehead atoms. The van der Waals surface area contributed by atoms with Gasteiger partial charge in [-0.05, 0) is 36.4 Å². The SMILES string of the molecule is C[N+](C)(CC(=O)O)C(=O)c1ccccc1OCC1CN(c2ccc(C(=N)N)cc2)C(=O)O1. The first-order valence-electron chi connectivity index (χ1n) is 9.82. The molecule has 2 amide bonds. The largest absolute Gasteiger partial charge is 0.489 e. The number of carbonyl (C=O) groups excluding carboxylic acids is 2. The Morgan fingerprint density at radius 1 is 1.22 bits per heavy atom. The highest BCUT2D eigenvalue weighted by molar-refractivity contribution is 5.96. The van der Waals surface area contributed by atoms with Crippen LogP contribution in [0.3, 0.4) is 0 Å². The number of amides is 2. The number of likely N-dealkylation sites (N-methyl/N-ethyl adjacent to an activating group) is 1. The topological polar surface area (TPSA) is 143 Å². The smallest absolute Gasteiger partial charge is 0.414 e. The maximum Gasteiger partial charge on any atom is 0.414 e. The highest BCUT2D eigenvalue weighted by Crippen LogP contribution is 2.25. The normalized spacial score (nSPS) is 15.9. The van der Waals surface area contributed by atoms with Crippen molar-refractivity contribution in [2.75, 3.05) is 38.7 Å². The number of hydrogen-bond acceptors (Lipinski definition) is 6. The molecule has 4 N–H and O–H groups in total. The molecule has 2 aromatic carbocycles. The summed E-state index contributed by atoms with van der Waals surface area (Å²) in [6, 6.07) is 13.2. The van der Waals surface area contributed by atoms with Crippen LogP contribution in [0.1, 0.15) is 15.9 Å². The molecule has 1 fully saturated rings. The van der Waals surface area contributed by atoms with Crippen LogP contribution in [0.15, 0.2) is 48.5 Å². The molecule has 2 aromatic rings. The van der Waals surface area contributed by atoms with Gasteiger partial charge in [0.05, 0.1) is 20.6 Å². The number of nitrogens with one attached hydrogen (secondary N) is 1. The molecule has 10 nitrogen and oxygen atoms in total. The summed E-state index contributed by atoms with van der Waals surface area (Å²) in [5, 5.41) is 16.5. The third-order valence-corrected chi connectivity index (χ3v) is 4.99. The van der Waals surface area contributed by atoms with Gasteiger partial charge in [-0.3, -0.25) is 14.8 Å². The number of benzene rings is 2. The number of aliphatic carboxylic acids is 1. The molecule has 32 heavy (non-hydrogen) atoms. The number of ether oxygens (including phenoxy) is 2. The Morgan fingerprint density at radius 3 is 2.50 bits per heavy atom. The minimum Gasteiger partial charge on any atom is -0.489 e. The van der Waals surface area contributed by atoms with Crippen LogP contribution in [0.5, 0.6) is 5.75 Å². The Morgan fingerprint density at radius 2 is 1.88 bits per heavy atom. The van der Waals surface area contributed by atoms with Crippen LogP contribution in [0.2, 0.25) is 0 Å². The molecule has 0 radical (unpaired) electrons. The average molecular weight is 441 g/mol. The molecular weight excluding hydrogens is 416 g/mol. The van der Waals surface area contributed by atoms with Crippen molar-refractivity contribution < 1.29 is 33.4 Å². The van der Waals surface area contributed by atoms with Gasteiger partial charge in [0.15, 0.2) is 12.6 Å². The van der Waals surface area contributed by atoms with Crippen molar-refractivity contribution in [2.45, 2.75) is 6.10 Å². The van der Waals surface area contributed by atoms with Crippen LogP contribution in [-0.2, 0) is 9.53 Å². The van der Waals surface area contributed by atoms with E-state index in [4.69, 9.17) is 25.7 Å². The van der Waals surface area contributed by atoms with Gasteiger partial charge in [0.25, 0.3) is 0 Å². The predicted octanol–water partition coefficient (Wildman–Crippen LogP) is 1.68. The number of carboxylic acid groups (broad SMARTS) is 1. The first-order chi connectivity index (χ1) is 15.1. The van der Waals surface area contributed by atoms with Crippen LogP contribution in [0, 0.1) is 5.41 Å². The summed E-state index contributed by atoms with van der Waals surface area (Å²) >= 11 is 0. The highest BCUT2D eigenvalue weighted by atomic mass is 16.6. The van der Waals surface area contributed by atoms with Crippen molar-refractivity contribution in [3.63, 3.8) is 0 Å². The van der Waals surface area contributed by atoms with E-state index in [1.54, 1.807) is 48.5 Å². The van der Waals surface area contributed by atoms with Crippen molar-refractivity contribution in [3.8, 4) is 5.75 Å². The molecule has 168 valence electrons. The first-order valence-corrected chi connectivity index (χ1v) is 9.82. The maximum absolute atomic E-state index is 12.9. The zero-order valence-electron chi connectivity index (χ0n) is 17.8. The molecule has 0 spiro atoms. The number of carbonyl (C=O) groups is 3. The average Bonchev–Trinajstić information content (AvgIpc) is 3.11. The fraction of sp³-hybridized carbons (Fsp3) is 0.273. The second-order valence-electron chi connectivity index (χ2n) is 7.93. The van der Waals surface area contributed by atoms with Crippen LogP contribution in [0.4, 0.5) is 10.5 Å². The minimum atomic E-state index is -1.09. The van der Waals surface area contributed by atoms with Crippen LogP contribution >= 0.6 is 0 Å². The Balaban J connectivity index is 1.68. The number of nitrogens with zero attached hydrogens (tertiary/aromatic N) is 2. The molecule has 0 aromatic heterocycles. The lowest BCUT2D eigenvalue weighted by atomic mass is 10.1. The lowest BCUT2D eigenvalue weighted by molar-refractivity contribution is -0.799. The Bertz CT molecular complexity index is 1050. The summed E-state index contributed by atoms with van der Waals surface area (Å²) < 4.78 is 10.8. The van der Waals surface area contributed by atoms with Gasteiger partial charge in [-0.2, -0.15) is 0 Å². The zero-order valence-corrected chi connectivity index (χ0v) is 17.8. The molecule has 1 atom stereocenters. The number of nitrogen functional groups attached to an aromatic ring is 1. The van der Waals surface area contributed by atoms with E-state index in [0.717, 1.165) is 0 Å². The fourth-order valence-electron chi connectivity index (χ4n) is 3.33. The van der Waals surface area contributed by atoms with Gasteiger partial charge >= 0.3 is 18.0 Å². The van der Waals surface area contributed by atoms with Gasteiger partial charge in [0.2, 0.25) is 0 Å². The number of carboxylic acids is 1. The Labute approximate surface area is 184 Å². The van der Waals surface area contributed by atoms with Crippen molar-refractivity contribution in [1.29, 1.82) is 5.41 Å². The van der Waals surface area contributed by atoms with Crippen LogP contribution < -0.4 is 15.4 Å². The summed E-state index contributed by atoms with van der Waals surface area (Å²) in [6.45, 7) is -0.107. The van der Waals surface area contributed by atoms with E-state index < -0.39 is 24.1 Å². The number of rotatable bonds is 8. The number of nitrogens with two attached hydrogens (primary N) is 1. The highest BCUT2D eigenvalue weighted by Gasteiger charge is 2.35. The van der Waals surface area contributed by atoms with Gasteiger partial charge in [-0.25, -0.2) is 14.4 Å². The second-order valence-corrected chi connectivity index (χ2v) is 7.93. The van der Waals surface area contributed by atoms with E-state index in [-0.39, 0.29) is 41.3 Å². The van der Waals surface area contributed by atoms with E-state index >= 15 is 0 Å². The van der Waals surface area contributed by atoms with Crippen molar-refractivity contribution in [3.05, 3.63) is 59.7 Å². The Kier molecular flexibility index (Phi) is 6.45. The molecule has 1 saturated heterocycles. The van der Waals surface area contributed by atoms with Crippen LogP contribution in [-0.4, -0.2) is 73.3 Å². The molecule has 0 saturated carbocycles. The number of para-hydroxylation sites is 1. The van der Waals surface area contributed by atoms with E-state index in [0.29, 0.717) is 11.3 Å². The molecule has 10 heteroatoms. The number of anilines is 1. The maximum atomic E-state index is 12.9. The second kappa shape index (κ2) is 9.06. The van der Waals surface area contributed by atoms with E-state index in [9.17, 15) is 14.4 Å². The third-order valence-electron chi connectivity index (χ3n) is 4.99. The van der Waals surface area contributed by atoms with Gasteiger partial charge < -0.3 is 20.3 Å². The number of cyclic esters (lactones) is 1. The summed E-state index contributed by atoms with van der Waals surface area (Å²) in [6.07, 6.45) is -1.10. The summed E-state index contributed by atoms with van der Waals surface area (Å²) in [5.41, 5.74) is 6.85. The molecule has 1 aliphatic heterocycles. The molecule has 1 aliphatic rings. The van der Waals surface area contributed by atoms with Gasteiger partial charge in [0.1, 0.15) is 23.8 Å². The molecule has 0 aliphatic carbocycles. The van der Waals surface area contributed by atoms with Gasteiger partial charge in [-0.1, -0.05) is 12.1 Å². The molecule has 1 heterocycles. The quantitative estimate of drug-likeness (QED) is 0.321. The number of quaternary nitrogens is 1. The standard InChI is InChI=1S/C22H24N4O6/c1-26(2,12-19(27)28)21(29)17-5-3-4-6-18(17)31-13-16-11-25(22(30)32-16)15-9-7-14(8-10-15)20(23)24/h3-10,16H,11-13H2,1-2H3,(H3-,23,24,27,28)/p+1. The Hall–Kier alpha value is -3.92. The summed E-state index contributed by atoms with van der Waals surface area (Å²) in [4.78, 5) is 37.7. The van der Waals surface area contributed by atoms with Crippen molar-refractivity contribution >= 4 is 29.5 Å². The monoisotopic (exact) mass is 441 g/mol. The summed E-state index contributed by atoms with van der Waals surface area (Å²) in [7, 11) is 3.03. The van der Waals surface area contributed by atoms with Crippen LogP contribution in [0.25, 0.3) is 0 Å².